The van der Waals surface area contributed by atoms with Crippen molar-refractivity contribution in [3.05, 3.63) is 17.5 Å². The predicted molar refractivity (Wildman–Crippen MR) is 96.2 cm³/mol. The number of rotatable bonds is 10. The van der Waals surface area contributed by atoms with E-state index in [4.69, 9.17) is 4.74 Å². The number of nitrogens with one attached hydrogen (secondary N) is 2. The number of hydrogen-bond donors (Lipinski definition) is 2. The molecule has 0 aliphatic rings. The summed E-state index contributed by atoms with van der Waals surface area (Å²) >= 11 is 0. The Balaban J connectivity index is 2.11. The highest BCUT2D eigenvalue weighted by atomic mass is 32.2. The number of nitrogens with zero attached hydrogens (tertiary/aromatic N) is 3. The molecule has 0 unspecified atom stereocenters. The van der Waals surface area contributed by atoms with E-state index in [1.54, 1.807) is 7.05 Å². The number of guanidine groups is 1. The molecule has 0 aliphatic carbocycles. The Hall–Kier alpha value is -1.61. The first-order chi connectivity index (χ1) is 11.3. The summed E-state index contributed by atoms with van der Waals surface area (Å²) in [5, 5.41) is 10.8. The summed E-state index contributed by atoms with van der Waals surface area (Å²) in [5.74, 6) is 0.752. The van der Waals surface area contributed by atoms with Crippen LogP contribution in [0.25, 0.3) is 0 Å². The lowest BCUT2D eigenvalue weighted by atomic mass is 10.4. The van der Waals surface area contributed by atoms with Crippen molar-refractivity contribution in [2.75, 3.05) is 45.4 Å². The number of aromatic nitrogens is 2. The van der Waals surface area contributed by atoms with Crippen LogP contribution in [0.2, 0.25) is 0 Å². The van der Waals surface area contributed by atoms with Crippen molar-refractivity contribution in [1.82, 2.24) is 20.4 Å². The van der Waals surface area contributed by atoms with Crippen molar-refractivity contribution in [2.24, 2.45) is 4.99 Å². The Morgan fingerprint density at radius 2 is 2.00 bits per heavy atom. The SMILES string of the molecule is CN=C(NCCCn1nc(C)cc1C)NCCOCCS(C)(=O)=O. The molecule has 0 radical (unpaired) electrons. The van der Waals surface area contributed by atoms with Gasteiger partial charge in [-0.1, -0.05) is 0 Å². The maximum atomic E-state index is 11.0. The first-order valence-electron chi connectivity index (χ1n) is 8.03. The van der Waals surface area contributed by atoms with Gasteiger partial charge in [0.2, 0.25) is 0 Å². The average Bonchev–Trinajstić information content (AvgIpc) is 2.81. The van der Waals surface area contributed by atoms with Gasteiger partial charge in [-0.3, -0.25) is 9.67 Å². The van der Waals surface area contributed by atoms with Crippen LogP contribution < -0.4 is 10.6 Å². The molecule has 0 aliphatic heterocycles. The van der Waals surface area contributed by atoms with Gasteiger partial charge in [0.25, 0.3) is 0 Å². The maximum Gasteiger partial charge on any atom is 0.191 e. The zero-order valence-electron chi connectivity index (χ0n) is 15.0. The average molecular weight is 359 g/mol. The minimum Gasteiger partial charge on any atom is -0.379 e. The molecule has 1 rings (SSSR count). The predicted octanol–water partition coefficient (Wildman–Crippen LogP) is 0.116. The van der Waals surface area contributed by atoms with Gasteiger partial charge >= 0.3 is 0 Å². The van der Waals surface area contributed by atoms with Gasteiger partial charge in [-0.15, -0.1) is 0 Å². The smallest absolute Gasteiger partial charge is 0.191 e. The number of sulfone groups is 1. The van der Waals surface area contributed by atoms with Crippen molar-refractivity contribution >= 4 is 15.8 Å². The fourth-order valence-corrected chi connectivity index (χ4v) is 2.53. The van der Waals surface area contributed by atoms with Crippen molar-refractivity contribution in [1.29, 1.82) is 0 Å². The van der Waals surface area contributed by atoms with Gasteiger partial charge in [-0.05, 0) is 26.3 Å². The van der Waals surface area contributed by atoms with Crippen LogP contribution in [0.3, 0.4) is 0 Å². The van der Waals surface area contributed by atoms with Gasteiger partial charge in [0.1, 0.15) is 9.84 Å². The van der Waals surface area contributed by atoms with Crippen LogP contribution in [0, 0.1) is 13.8 Å². The van der Waals surface area contributed by atoms with E-state index in [2.05, 4.69) is 33.7 Å². The van der Waals surface area contributed by atoms with E-state index in [9.17, 15) is 8.42 Å². The lowest BCUT2D eigenvalue weighted by Gasteiger charge is -2.12. The fraction of sp³-hybridized carbons (Fsp3) is 0.733. The fourth-order valence-electron chi connectivity index (χ4n) is 2.11. The Morgan fingerprint density at radius 3 is 2.58 bits per heavy atom. The molecule has 1 aromatic rings. The van der Waals surface area contributed by atoms with Crippen LogP contribution in [0.15, 0.2) is 11.1 Å². The highest BCUT2D eigenvalue weighted by molar-refractivity contribution is 7.90. The quantitative estimate of drug-likeness (QED) is 0.350. The molecule has 0 aromatic carbocycles. The summed E-state index contributed by atoms with van der Waals surface area (Å²) in [4.78, 5) is 4.13. The summed E-state index contributed by atoms with van der Waals surface area (Å²) in [6, 6.07) is 2.07. The number of ether oxygens (including phenoxy) is 1. The minimum atomic E-state index is -2.96. The van der Waals surface area contributed by atoms with Gasteiger partial charge in [-0.25, -0.2) is 8.42 Å². The normalized spacial score (nSPS) is 12.4. The van der Waals surface area contributed by atoms with E-state index in [1.807, 2.05) is 11.6 Å². The van der Waals surface area contributed by atoms with Gasteiger partial charge in [0.15, 0.2) is 5.96 Å². The second kappa shape index (κ2) is 10.3. The minimum absolute atomic E-state index is 0.0479. The molecule has 1 aromatic heterocycles. The van der Waals surface area contributed by atoms with Gasteiger partial charge in [0.05, 0.1) is 24.7 Å². The summed E-state index contributed by atoms with van der Waals surface area (Å²) in [6.07, 6.45) is 2.14. The molecule has 138 valence electrons. The molecular weight excluding hydrogens is 330 g/mol. The topological polar surface area (TPSA) is 97.6 Å². The molecular formula is C15H29N5O3S. The third-order valence-corrected chi connectivity index (χ3v) is 4.21. The van der Waals surface area contributed by atoms with Crippen molar-refractivity contribution in [2.45, 2.75) is 26.8 Å². The summed E-state index contributed by atoms with van der Waals surface area (Å²) < 4.78 is 29.2. The van der Waals surface area contributed by atoms with Gasteiger partial charge in [-0.2, -0.15) is 5.10 Å². The third kappa shape index (κ3) is 8.88. The maximum absolute atomic E-state index is 11.0. The summed E-state index contributed by atoms with van der Waals surface area (Å²) in [5.41, 5.74) is 2.20. The molecule has 1 heterocycles. The van der Waals surface area contributed by atoms with Crippen molar-refractivity contribution in [3.8, 4) is 0 Å². The standard InChI is InChI=1S/C15H29N5O3S/c1-13-12-14(2)20(19-13)8-5-6-17-15(16-3)18-7-9-23-10-11-24(4,21)22/h12H,5-11H2,1-4H3,(H2,16,17,18). The van der Waals surface area contributed by atoms with Crippen molar-refractivity contribution in [3.63, 3.8) is 0 Å². The van der Waals surface area contributed by atoms with E-state index in [-0.39, 0.29) is 12.4 Å². The first kappa shape index (κ1) is 20.4. The van der Waals surface area contributed by atoms with Crippen LogP contribution in [-0.4, -0.2) is 69.5 Å². The Morgan fingerprint density at radius 1 is 1.29 bits per heavy atom. The molecule has 2 N–H and O–H groups in total. The van der Waals surface area contributed by atoms with Crippen LogP contribution in [0.4, 0.5) is 0 Å². The Bertz CT molecular complexity index is 625. The van der Waals surface area contributed by atoms with E-state index in [0.717, 1.165) is 25.2 Å². The van der Waals surface area contributed by atoms with E-state index in [0.29, 0.717) is 19.1 Å². The molecule has 0 fully saturated rings. The molecule has 24 heavy (non-hydrogen) atoms. The molecule has 0 atom stereocenters. The zero-order chi connectivity index (χ0) is 18.0. The van der Waals surface area contributed by atoms with E-state index >= 15 is 0 Å². The lowest BCUT2D eigenvalue weighted by Crippen LogP contribution is -2.39. The zero-order valence-corrected chi connectivity index (χ0v) is 15.8. The van der Waals surface area contributed by atoms with Crippen LogP contribution in [0.5, 0.6) is 0 Å². The third-order valence-electron chi connectivity index (χ3n) is 3.30. The molecule has 8 nitrogen and oxygen atoms in total. The molecule has 0 amide bonds. The number of aliphatic imine (C=N–C) groups is 1. The summed E-state index contributed by atoms with van der Waals surface area (Å²) in [7, 11) is -1.25. The molecule has 0 saturated heterocycles. The van der Waals surface area contributed by atoms with Crippen molar-refractivity contribution < 1.29 is 13.2 Å². The Labute approximate surface area is 144 Å². The Kier molecular flexibility index (Phi) is 8.77. The largest absolute Gasteiger partial charge is 0.379 e. The highest BCUT2D eigenvalue weighted by Gasteiger charge is 2.02. The first-order valence-corrected chi connectivity index (χ1v) is 10.1. The monoisotopic (exact) mass is 359 g/mol. The van der Waals surface area contributed by atoms with Crippen LogP contribution >= 0.6 is 0 Å². The molecule has 9 heteroatoms. The van der Waals surface area contributed by atoms with E-state index < -0.39 is 9.84 Å². The molecule has 0 saturated carbocycles. The number of aryl methyl sites for hydroxylation is 3. The molecule has 0 bridgehead atoms. The van der Waals surface area contributed by atoms with Gasteiger partial charge in [0, 0.05) is 38.6 Å². The number of hydrogen-bond acceptors (Lipinski definition) is 5. The summed E-state index contributed by atoms with van der Waals surface area (Å²) in [6.45, 7) is 6.91. The van der Waals surface area contributed by atoms with Crippen LogP contribution in [-0.2, 0) is 21.1 Å². The van der Waals surface area contributed by atoms with E-state index in [1.165, 1.54) is 11.9 Å². The molecule has 0 spiro atoms. The lowest BCUT2D eigenvalue weighted by molar-refractivity contribution is 0.154. The van der Waals surface area contributed by atoms with Gasteiger partial charge < -0.3 is 15.4 Å². The highest BCUT2D eigenvalue weighted by Crippen LogP contribution is 2.02. The van der Waals surface area contributed by atoms with Crippen LogP contribution in [0.1, 0.15) is 17.8 Å². The second-order valence-electron chi connectivity index (χ2n) is 5.67. The second-order valence-corrected chi connectivity index (χ2v) is 7.93.